The van der Waals surface area contributed by atoms with E-state index in [-0.39, 0.29) is 7.43 Å². The van der Waals surface area contributed by atoms with Gasteiger partial charge < -0.3 is 0 Å². The van der Waals surface area contributed by atoms with Crippen LogP contribution in [0.25, 0.3) is 0 Å². The molecule has 0 radical (unpaired) electrons. The number of rotatable bonds is 1. The molecule has 0 heteroatoms. The first-order valence-corrected chi connectivity index (χ1v) is 6.43. The summed E-state index contributed by atoms with van der Waals surface area (Å²) in [7, 11) is 0. The van der Waals surface area contributed by atoms with Crippen molar-refractivity contribution in [3.8, 4) is 0 Å². The highest BCUT2D eigenvalue weighted by atomic mass is 14.5. The zero-order valence-electron chi connectivity index (χ0n) is 10.4. The largest absolute Gasteiger partial charge is 0.0776 e. The minimum atomic E-state index is 0. The van der Waals surface area contributed by atoms with Gasteiger partial charge in [0.25, 0.3) is 0 Å². The van der Waals surface area contributed by atoms with Gasteiger partial charge in [0.2, 0.25) is 0 Å². The Balaban J connectivity index is 0.00000112. The minimum Gasteiger partial charge on any atom is -0.0776 e. The molecular weight excluding hydrogens is 180 g/mol. The molecule has 0 spiro atoms. The molecule has 2 atom stereocenters. The molecule has 0 amide bonds. The van der Waals surface area contributed by atoms with E-state index in [0.29, 0.717) is 10.8 Å². The van der Waals surface area contributed by atoms with Crippen molar-refractivity contribution >= 4 is 0 Å². The molecule has 0 aromatic rings. The lowest BCUT2D eigenvalue weighted by molar-refractivity contribution is -0.0209. The van der Waals surface area contributed by atoms with Gasteiger partial charge in [0.05, 0.1) is 0 Å². The molecule has 0 heterocycles. The second-order valence-corrected chi connectivity index (χ2v) is 7.06. The predicted octanol–water partition coefficient (Wildman–Crippen LogP) is 5.28. The summed E-state index contributed by atoms with van der Waals surface area (Å²) < 4.78 is 0. The molecule has 0 aromatic carbocycles. The van der Waals surface area contributed by atoms with Gasteiger partial charge in [-0.05, 0) is 54.8 Å². The zero-order valence-corrected chi connectivity index (χ0v) is 10.4. The Morgan fingerprint density at radius 3 is 1.87 bits per heavy atom. The van der Waals surface area contributed by atoms with Crippen molar-refractivity contribution in [2.75, 3.05) is 0 Å². The van der Waals surface area contributed by atoms with E-state index >= 15 is 0 Å². The monoisotopic (exact) mass is 210 g/mol. The van der Waals surface area contributed by atoms with E-state index in [2.05, 4.69) is 27.7 Å². The van der Waals surface area contributed by atoms with Gasteiger partial charge in [-0.1, -0.05) is 41.5 Å². The van der Waals surface area contributed by atoms with Crippen molar-refractivity contribution in [2.24, 2.45) is 22.7 Å². The maximum atomic E-state index is 2.54. The lowest BCUT2D eigenvalue weighted by atomic mass is 9.52. The van der Waals surface area contributed by atoms with Crippen LogP contribution in [0.2, 0.25) is 0 Å². The Morgan fingerprint density at radius 1 is 1.00 bits per heavy atom. The maximum Gasteiger partial charge on any atom is -0.0318 e. The standard InChI is InChI=1S/C14H26.CH4/c1-11(2)12-8-13(3)6-5-7-14(4,9-12)10-13;/h11-12H,5-10H2,1-4H3;1H4. The molecule has 0 saturated heterocycles. The summed E-state index contributed by atoms with van der Waals surface area (Å²) in [6, 6.07) is 0. The second kappa shape index (κ2) is 4.11. The molecule has 0 nitrogen and oxygen atoms in total. The van der Waals surface area contributed by atoms with Gasteiger partial charge in [0.1, 0.15) is 0 Å². The normalized spacial score (nSPS) is 45.0. The second-order valence-electron chi connectivity index (χ2n) is 7.06. The van der Waals surface area contributed by atoms with Crippen LogP contribution in [0.1, 0.15) is 73.6 Å². The lowest BCUT2D eigenvalue weighted by Crippen LogP contribution is -2.42. The maximum absolute atomic E-state index is 2.54. The summed E-state index contributed by atoms with van der Waals surface area (Å²) in [6.45, 7) is 9.91. The molecule has 15 heavy (non-hydrogen) atoms. The predicted molar refractivity (Wildman–Crippen MR) is 69.0 cm³/mol. The molecular formula is C15H30. The van der Waals surface area contributed by atoms with Crippen molar-refractivity contribution in [1.29, 1.82) is 0 Å². The third-order valence-corrected chi connectivity index (χ3v) is 4.87. The van der Waals surface area contributed by atoms with Crippen molar-refractivity contribution in [1.82, 2.24) is 0 Å². The van der Waals surface area contributed by atoms with E-state index in [9.17, 15) is 0 Å². The first-order valence-electron chi connectivity index (χ1n) is 6.43. The quantitative estimate of drug-likeness (QED) is 0.552. The van der Waals surface area contributed by atoms with Crippen molar-refractivity contribution < 1.29 is 0 Å². The third-order valence-electron chi connectivity index (χ3n) is 4.87. The van der Waals surface area contributed by atoms with E-state index in [0.717, 1.165) is 11.8 Å². The fourth-order valence-corrected chi connectivity index (χ4v) is 4.31. The molecule has 90 valence electrons. The summed E-state index contributed by atoms with van der Waals surface area (Å²) in [5.41, 5.74) is 1.39. The SMILES string of the molecule is C.CC(C)C1CC2(C)CCCC(C)(C1)C2. The molecule has 2 saturated carbocycles. The summed E-state index contributed by atoms with van der Waals surface area (Å²) in [5, 5.41) is 0. The van der Waals surface area contributed by atoms with Crippen LogP contribution in [0.15, 0.2) is 0 Å². The van der Waals surface area contributed by atoms with Crippen molar-refractivity contribution in [2.45, 2.75) is 73.6 Å². The van der Waals surface area contributed by atoms with Crippen LogP contribution in [0, 0.1) is 22.7 Å². The van der Waals surface area contributed by atoms with Gasteiger partial charge in [-0.3, -0.25) is 0 Å². The fraction of sp³-hybridized carbons (Fsp3) is 1.00. The van der Waals surface area contributed by atoms with E-state index in [4.69, 9.17) is 0 Å². The molecule has 2 aliphatic rings. The molecule has 2 unspecified atom stereocenters. The Bertz CT molecular complexity index is 200. The van der Waals surface area contributed by atoms with Crippen LogP contribution in [-0.2, 0) is 0 Å². The molecule has 0 N–H and O–H groups in total. The Labute approximate surface area is 96.8 Å². The first-order chi connectivity index (χ1) is 6.43. The highest BCUT2D eigenvalue weighted by Gasteiger charge is 2.46. The van der Waals surface area contributed by atoms with E-state index in [1.54, 1.807) is 0 Å². The van der Waals surface area contributed by atoms with Crippen molar-refractivity contribution in [3.05, 3.63) is 0 Å². The Hall–Kier alpha value is 0. The Kier molecular flexibility index (Phi) is 3.58. The molecule has 0 aromatic heterocycles. The topological polar surface area (TPSA) is 0 Å². The van der Waals surface area contributed by atoms with Crippen LogP contribution in [-0.4, -0.2) is 0 Å². The molecule has 0 aliphatic heterocycles. The summed E-state index contributed by atoms with van der Waals surface area (Å²) in [4.78, 5) is 0. The van der Waals surface area contributed by atoms with Gasteiger partial charge >= 0.3 is 0 Å². The molecule has 2 rings (SSSR count). The van der Waals surface area contributed by atoms with Crippen LogP contribution >= 0.6 is 0 Å². The first kappa shape index (κ1) is 13.1. The van der Waals surface area contributed by atoms with Gasteiger partial charge in [-0.2, -0.15) is 0 Å². The van der Waals surface area contributed by atoms with Gasteiger partial charge in [-0.15, -0.1) is 0 Å². The number of hydrogen-bond acceptors (Lipinski definition) is 0. The number of fused-ring (bicyclic) bond motifs is 2. The van der Waals surface area contributed by atoms with E-state index < -0.39 is 0 Å². The lowest BCUT2D eigenvalue weighted by Gasteiger charge is -2.53. The highest BCUT2D eigenvalue weighted by Crippen LogP contribution is 2.58. The van der Waals surface area contributed by atoms with E-state index in [1.807, 2.05) is 0 Å². The molecule has 2 bridgehead atoms. The summed E-state index contributed by atoms with van der Waals surface area (Å²) >= 11 is 0. The third kappa shape index (κ3) is 2.57. The average molecular weight is 210 g/mol. The van der Waals surface area contributed by atoms with Crippen LogP contribution in [0.3, 0.4) is 0 Å². The van der Waals surface area contributed by atoms with Gasteiger partial charge in [0, 0.05) is 0 Å². The Morgan fingerprint density at radius 2 is 1.47 bits per heavy atom. The van der Waals surface area contributed by atoms with Gasteiger partial charge in [-0.25, -0.2) is 0 Å². The zero-order chi connectivity index (χ0) is 10.4. The van der Waals surface area contributed by atoms with Crippen LogP contribution in [0.5, 0.6) is 0 Å². The molecule has 2 aliphatic carbocycles. The molecule has 2 fully saturated rings. The van der Waals surface area contributed by atoms with Crippen LogP contribution in [0.4, 0.5) is 0 Å². The fourth-order valence-electron chi connectivity index (χ4n) is 4.31. The van der Waals surface area contributed by atoms with Crippen LogP contribution < -0.4 is 0 Å². The summed E-state index contributed by atoms with van der Waals surface area (Å²) in [5.74, 6) is 1.89. The van der Waals surface area contributed by atoms with E-state index in [1.165, 1.54) is 38.5 Å². The average Bonchev–Trinajstić information content (AvgIpc) is 1.99. The highest BCUT2D eigenvalue weighted by molar-refractivity contribution is 4.97. The van der Waals surface area contributed by atoms with Crippen molar-refractivity contribution in [3.63, 3.8) is 0 Å². The summed E-state index contributed by atoms with van der Waals surface area (Å²) in [6.07, 6.45) is 8.97. The minimum absolute atomic E-state index is 0. The van der Waals surface area contributed by atoms with Gasteiger partial charge in [0.15, 0.2) is 0 Å². The number of hydrogen-bond donors (Lipinski definition) is 0. The smallest absolute Gasteiger partial charge is 0.0318 e.